The van der Waals surface area contributed by atoms with E-state index in [9.17, 15) is 4.39 Å². The highest BCUT2D eigenvalue weighted by Crippen LogP contribution is 2.35. The standard InChI is InChI=1S/C17H17FN2S/c1-19-9-8-12-4-2-3-5-16(12)21-17-11-20-15-7-6-13(18)10-14(15)17/h2-7,10-11,19-20H,8-9H2,1H3. The Hall–Kier alpha value is -1.78. The maximum atomic E-state index is 13.4. The summed E-state index contributed by atoms with van der Waals surface area (Å²) in [7, 11) is 1.96. The molecule has 2 aromatic carbocycles. The maximum absolute atomic E-state index is 13.4. The first-order valence-electron chi connectivity index (χ1n) is 6.95. The van der Waals surface area contributed by atoms with E-state index in [1.165, 1.54) is 16.5 Å². The third kappa shape index (κ3) is 3.12. The number of hydrogen-bond acceptors (Lipinski definition) is 2. The van der Waals surface area contributed by atoms with Gasteiger partial charge in [-0.05, 0) is 49.8 Å². The number of hydrogen-bond donors (Lipinski definition) is 2. The quantitative estimate of drug-likeness (QED) is 0.738. The van der Waals surface area contributed by atoms with Crippen LogP contribution in [0.3, 0.4) is 0 Å². The van der Waals surface area contributed by atoms with Crippen molar-refractivity contribution in [3.05, 3.63) is 60.0 Å². The number of aromatic amines is 1. The number of H-pyrrole nitrogens is 1. The van der Waals surface area contributed by atoms with Crippen LogP contribution >= 0.6 is 11.8 Å². The Labute approximate surface area is 127 Å². The first-order chi connectivity index (χ1) is 10.3. The van der Waals surface area contributed by atoms with Gasteiger partial charge in [-0.25, -0.2) is 4.39 Å². The lowest BCUT2D eigenvalue weighted by Gasteiger charge is -2.08. The lowest BCUT2D eigenvalue weighted by molar-refractivity contribution is 0.629. The number of aromatic nitrogens is 1. The average Bonchev–Trinajstić information content (AvgIpc) is 2.89. The summed E-state index contributed by atoms with van der Waals surface area (Å²) in [6.45, 7) is 0.945. The summed E-state index contributed by atoms with van der Waals surface area (Å²) < 4.78 is 13.4. The van der Waals surface area contributed by atoms with Gasteiger partial charge in [-0.2, -0.15) is 0 Å². The molecule has 0 fully saturated rings. The molecule has 3 rings (SSSR count). The lowest BCUT2D eigenvalue weighted by Crippen LogP contribution is -2.10. The number of rotatable bonds is 5. The van der Waals surface area contributed by atoms with Gasteiger partial charge >= 0.3 is 0 Å². The highest BCUT2D eigenvalue weighted by atomic mass is 32.2. The van der Waals surface area contributed by atoms with E-state index in [4.69, 9.17) is 0 Å². The molecule has 4 heteroatoms. The van der Waals surface area contributed by atoms with Crippen LogP contribution in [0, 0.1) is 5.82 Å². The van der Waals surface area contributed by atoms with Gasteiger partial charge in [0.25, 0.3) is 0 Å². The zero-order valence-corrected chi connectivity index (χ0v) is 12.6. The Morgan fingerprint density at radius 2 is 2.00 bits per heavy atom. The summed E-state index contributed by atoms with van der Waals surface area (Å²) in [5.41, 5.74) is 2.27. The smallest absolute Gasteiger partial charge is 0.123 e. The third-order valence-corrected chi connectivity index (χ3v) is 4.62. The zero-order chi connectivity index (χ0) is 14.7. The van der Waals surface area contributed by atoms with E-state index < -0.39 is 0 Å². The van der Waals surface area contributed by atoms with Crippen molar-refractivity contribution >= 4 is 22.7 Å². The van der Waals surface area contributed by atoms with Gasteiger partial charge in [-0.15, -0.1) is 0 Å². The van der Waals surface area contributed by atoms with E-state index >= 15 is 0 Å². The van der Waals surface area contributed by atoms with Crippen LogP contribution in [0.4, 0.5) is 4.39 Å². The Morgan fingerprint density at radius 3 is 2.86 bits per heavy atom. The van der Waals surface area contributed by atoms with E-state index in [2.05, 4.69) is 28.5 Å². The van der Waals surface area contributed by atoms with Gasteiger partial charge in [0.15, 0.2) is 0 Å². The Kier molecular flexibility index (Phi) is 4.27. The van der Waals surface area contributed by atoms with E-state index in [1.807, 2.05) is 19.3 Å². The largest absolute Gasteiger partial charge is 0.360 e. The molecule has 0 aliphatic carbocycles. The second-order valence-corrected chi connectivity index (χ2v) is 5.99. The second-order valence-electron chi connectivity index (χ2n) is 4.91. The van der Waals surface area contributed by atoms with Gasteiger partial charge in [-0.3, -0.25) is 0 Å². The molecule has 3 aromatic rings. The number of likely N-dealkylation sites (N-methyl/N-ethyl adjacent to an activating group) is 1. The normalized spacial score (nSPS) is 11.1. The molecular weight excluding hydrogens is 283 g/mol. The fourth-order valence-electron chi connectivity index (χ4n) is 2.34. The number of benzene rings is 2. The molecule has 2 N–H and O–H groups in total. The molecule has 1 heterocycles. The van der Waals surface area contributed by atoms with Crippen molar-refractivity contribution in [3.63, 3.8) is 0 Å². The molecule has 0 unspecified atom stereocenters. The van der Waals surface area contributed by atoms with Gasteiger partial charge < -0.3 is 10.3 Å². The van der Waals surface area contributed by atoms with Crippen molar-refractivity contribution in [2.75, 3.05) is 13.6 Å². The molecule has 2 nitrogen and oxygen atoms in total. The summed E-state index contributed by atoms with van der Waals surface area (Å²) in [4.78, 5) is 5.48. The zero-order valence-electron chi connectivity index (χ0n) is 11.8. The van der Waals surface area contributed by atoms with Crippen molar-refractivity contribution in [2.24, 2.45) is 0 Å². The predicted molar refractivity (Wildman–Crippen MR) is 86.5 cm³/mol. The third-order valence-electron chi connectivity index (χ3n) is 3.44. The van der Waals surface area contributed by atoms with Crippen LogP contribution < -0.4 is 5.32 Å². The van der Waals surface area contributed by atoms with Crippen molar-refractivity contribution in [1.29, 1.82) is 0 Å². The molecule has 0 spiro atoms. The molecule has 0 atom stereocenters. The van der Waals surface area contributed by atoms with Crippen molar-refractivity contribution in [3.8, 4) is 0 Å². The topological polar surface area (TPSA) is 27.8 Å². The number of fused-ring (bicyclic) bond motifs is 1. The summed E-state index contributed by atoms with van der Waals surface area (Å²) in [6, 6.07) is 13.2. The number of halogens is 1. The molecule has 0 bridgehead atoms. The first-order valence-corrected chi connectivity index (χ1v) is 7.76. The van der Waals surface area contributed by atoms with Gasteiger partial charge in [0.05, 0.1) is 0 Å². The molecule has 0 saturated heterocycles. The minimum absolute atomic E-state index is 0.201. The van der Waals surface area contributed by atoms with E-state index in [-0.39, 0.29) is 5.82 Å². The van der Waals surface area contributed by atoms with Crippen LogP contribution in [0.25, 0.3) is 10.9 Å². The van der Waals surface area contributed by atoms with Crippen LogP contribution in [0.5, 0.6) is 0 Å². The summed E-state index contributed by atoms with van der Waals surface area (Å²) in [5, 5.41) is 4.11. The predicted octanol–water partition coefficient (Wildman–Crippen LogP) is 4.22. The molecule has 21 heavy (non-hydrogen) atoms. The van der Waals surface area contributed by atoms with Crippen LogP contribution in [-0.2, 0) is 6.42 Å². The first kappa shape index (κ1) is 14.2. The van der Waals surface area contributed by atoms with Gasteiger partial charge in [0.2, 0.25) is 0 Å². The molecule has 0 amide bonds. The van der Waals surface area contributed by atoms with E-state index in [1.54, 1.807) is 23.9 Å². The van der Waals surface area contributed by atoms with Crippen LogP contribution in [0.15, 0.2) is 58.5 Å². The van der Waals surface area contributed by atoms with Gasteiger partial charge in [-0.1, -0.05) is 30.0 Å². The van der Waals surface area contributed by atoms with Crippen molar-refractivity contribution in [1.82, 2.24) is 10.3 Å². The molecule has 0 aliphatic rings. The molecule has 0 radical (unpaired) electrons. The highest BCUT2D eigenvalue weighted by Gasteiger charge is 2.09. The monoisotopic (exact) mass is 300 g/mol. The second kappa shape index (κ2) is 6.33. The fourth-order valence-corrected chi connectivity index (χ4v) is 3.42. The molecule has 0 saturated carbocycles. The lowest BCUT2D eigenvalue weighted by atomic mass is 10.1. The van der Waals surface area contributed by atoms with Crippen molar-refractivity contribution in [2.45, 2.75) is 16.2 Å². The maximum Gasteiger partial charge on any atom is 0.123 e. The van der Waals surface area contributed by atoms with Gasteiger partial charge in [0.1, 0.15) is 5.82 Å². The SMILES string of the molecule is CNCCc1ccccc1Sc1c[nH]c2ccc(F)cc12. The molecule has 0 aliphatic heterocycles. The summed E-state index contributed by atoms with van der Waals surface area (Å²) >= 11 is 1.68. The minimum atomic E-state index is -0.201. The number of nitrogens with one attached hydrogen (secondary N) is 2. The molecular formula is C17H17FN2S. The molecule has 108 valence electrons. The van der Waals surface area contributed by atoms with Gasteiger partial charge in [0, 0.05) is 26.9 Å². The van der Waals surface area contributed by atoms with Crippen LogP contribution in [0.1, 0.15) is 5.56 Å². The van der Waals surface area contributed by atoms with E-state index in [0.717, 1.165) is 28.8 Å². The Bertz CT molecular complexity index is 751. The highest BCUT2D eigenvalue weighted by molar-refractivity contribution is 7.99. The fraction of sp³-hybridized carbons (Fsp3) is 0.176. The minimum Gasteiger partial charge on any atom is -0.360 e. The summed E-state index contributed by atoms with van der Waals surface area (Å²) in [6.07, 6.45) is 2.93. The Balaban J connectivity index is 1.93. The summed E-state index contributed by atoms with van der Waals surface area (Å²) in [5.74, 6) is -0.201. The van der Waals surface area contributed by atoms with Crippen molar-refractivity contribution < 1.29 is 4.39 Å². The van der Waals surface area contributed by atoms with Crippen LogP contribution in [0.2, 0.25) is 0 Å². The molecule has 1 aromatic heterocycles. The Morgan fingerprint density at radius 1 is 1.14 bits per heavy atom. The average molecular weight is 300 g/mol. The van der Waals surface area contributed by atoms with E-state index in [0.29, 0.717) is 0 Å². The van der Waals surface area contributed by atoms with Crippen LogP contribution in [-0.4, -0.2) is 18.6 Å².